The molecule has 3 rings (SSSR count). The highest BCUT2D eigenvalue weighted by Gasteiger charge is 2.34. The van der Waals surface area contributed by atoms with Crippen LogP contribution in [0.4, 0.5) is 13.2 Å². The van der Waals surface area contributed by atoms with Gasteiger partial charge in [-0.25, -0.2) is 0 Å². The summed E-state index contributed by atoms with van der Waals surface area (Å²) in [6.07, 6.45) is -4.45. The Balaban J connectivity index is 1.82. The molecule has 0 bridgehead atoms. The molecular formula is C16H17F3N4O3. The maximum atomic E-state index is 12.4. The molecule has 0 saturated carbocycles. The number of aryl methyl sites for hydroxylation is 1. The predicted molar refractivity (Wildman–Crippen MR) is 83.4 cm³/mol. The highest BCUT2D eigenvalue weighted by molar-refractivity contribution is 5.73. The van der Waals surface area contributed by atoms with Crippen LogP contribution in [-0.2, 0) is 24.4 Å². The van der Waals surface area contributed by atoms with Gasteiger partial charge in [-0.3, -0.25) is 9.69 Å². The van der Waals surface area contributed by atoms with Gasteiger partial charge in [-0.2, -0.15) is 13.2 Å². The lowest BCUT2D eigenvalue weighted by atomic mass is 10.1. The molecule has 7 nitrogen and oxygen atoms in total. The maximum absolute atomic E-state index is 12.4. The second-order valence-electron chi connectivity index (χ2n) is 6.04. The van der Waals surface area contributed by atoms with Gasteiger partial charge >= 0.3 is 12.1 Å². The van der Waals surface area contributed by atoms with Crippen LogP contribution in [0.3, 0.4) is 0 Å². The molecule has 1 aliphatic rings. The lowest BCUT2D eigenvalue weighted by molar-refractivity contribution is -0.153. The molecule has 1 aromatic heterocycles. The third kappa shape index (κ3) is 3.96. The smallest absolute Gasteiger partial charge is 0.422 e. The van der Waals surface area contributed by atoms with Gasteiger partial charge in [0.25, 0.3) is 0 Å². The van der Waals surface area contributed by atoms with Crippen LogP contribution in [0.2, 0.25) is 0 Å². The van der Waals surface area contributed by atoms with Crippen LogP contribution in [0, 0.1) is 6.92 Å². The summed E-state index contributed by atoms with van der Waals surface area (Å²) in [6, 6.07) is 5.46. The van der Waals surface area contributed by atoms with Crippen molar-refractivity contribution in [3.8, 4) is 5.75 Å². The highest BCUT2D eigenvalue weighted by atomic mass is 19.4. The number of carboxylic acid groups (broad SMARTS) is 1. The average Bonchev–Trinajstić information content (AvgIpc) is 2.93. The molecule has 140 valence electrons. The molecule has 26 heavy (non-hydrogen) atoms. The van der Waals surface area contributed by atoms with E-state index in [1.165, 1.54) is 6.07 Å². The molecule has 0 aliphatic carbocycles. The quantitative estimate of drug-likeness (QED) is 0.867. The van der Waals surface area contributed by atoms with E-state index in [1.807, 2.05) is 0 Å². The van der Waals surface area contributed by atoms with Gasteiger partial charge in [0.1, 0.15) is 23.4 Å². The van der Waals surface area contributed by atoms with Gasteiger partial charge in [-0.05, 0) is 13.0 Å². The van der Waals surface area contributed by atoms with Crippen molar-refractivity contribution in [1.82, 2.24) is 19.7 Å². The predicted octanol–water partition coefficient (Wildman–Crippen LogP) is 2.00. The Hall–Kier alpha value is -2.62. The van der Waals surface area contributed by atoms with E-state index < -0.39 is 24.8 Å². The van der Waals surface area contributed by atoms with Crippen LogP contribution in [0.15, 0.2) is 24.3 Å². The molecule has 1 unspecified atom stereocenters. The van der Waals surface area contributed by atoms with E-state index in [0.29, 0.717) is 17.2 Å². The second-order valence-corrected chi connectivity index (χ2v) is 6.04. The molecule has 1 N–H and O–H groups in total. The lowest BCUT2D eigenvalue weighted by Gasteiger charge is -2.33. The van der Waals surface area contributed by atoms with Crippen LogP contribution < -0.4 is 4.74 Å². The van der Waals surface area contributed by atoms with Gasteiger partial charge in [0, 0.05) is 12.1 Å². The first-order valence-corrected chi connectivity index (χ1v) is 7.87. The molecule has 10 heteroatoms. The Labute approximate surface area is 147 Å². The van der Waals surface area contributed by atoms with E-state index in [-0.39, 0.29) is 25.4 Å². The van der Waals surface area contributed by atoms with Crippen molar-refractivity contribution < 1.29 is 27.8 Å². The van der Waals surface area contributed by atoms with E-state index in [4.69, 9.17) is 4.74 Å². The zero-order valence-corrected chi connectivity index (χ0v) is 13.9. The third-order valence-electron chi connectivity index (χ3n) is 4.18. The summed E-state index contributed by atoms with van der Waals surface area (Å²) in [5.41, 5.74) is 0.479. The van der Waals surface area contributed by atoms with Gasteiger partial charge in [-0.15, -0.1) is 10.2 Å². The Bertz CT molecular complexity index is 806. The summed E-state index contributed by atoms with van der Waals surface area (Å²) in [7, 11) is 0. The number of benzene rings is 1. The van der Waals surface area contributed by atoms with Crippen molar-refractivity contribution in [3.63, 3.8) is 0 Å². The number of rotatable bonds is 5. The number of nitrogens with zero attached hydrogens (tertiary/aromatic N) is 4. The fraction of sp³-hybridized carbons (Fsp3) is 0.438. The Kier molecular flexibility index (Phi) is 4.86. The minimum absolute atomic E-state index is 0.0807. The van der Waals surface area contributed by atoms with Crippen molar-refractivity contribution in [3.05, 3.63) is 41.5 Å². The standard InChI is InChI=1S/C16H17F3N4O3/c1-10-20-21-14-8-22(12(15(24)25)7-23(10)14)6-11-4-2-3-5-13(11)26-9-16(17,18)19/h2-5,12H,6-9H2,1H3,(H,24,25). The van der Waals surface area contributed by atoms with E-state index >= 15 is 0 Å². The minimum atomic E-state index is -4.45. The normalized spacial score (nSPS) is 17.8. The fourth-order valence-corrected chi connectivity index (χ4v) is 2.91. The van der Waals surface area contributed by atoms with Crippen LogP contribution in [0.5, 0.6) is 5.75 Å². The number of ether oxygens (including phenoxy) is 1. The molecule has 1 atom stereocenters. The number of carbonyl (C=O) groups is 1. The molecule has 0 saturated heterocycles. The molecule has 2 aromatic rings. The fourth-order valence-electron chi connectivity index (χ4n) is 2.91. The summed E-state index contributed by atoms with van der Waals surface area (Å²) >= 11 is 0. The highest BCUT2D eigenvalue weighted by Crippen LogP contribution is 2.26. The molecule has 2 heterocycles. The second kappa shape index (κ2) is 6.94. The molecule has 1 aromatic carbocycles. The molecule has 1 aliphatic heterocycles. The van der Waals surface area contributed by atoms with Gasteiger partial charge in [0.2, 0.25) is 0 Å². The minimum Gasteiger partial charge on any atom is -0.484 e. The number of hydrogen-bond acceptors (Lipinski definition) is 5. The number of alkyl halides is 3. The van der Waals surface area contributed by atoms with E-state index in [9.17, 15) is 23.1 Å². The zero-order valence-electron chi connectivity index (χ0n) is 13.9. The molecular weight excluding hydrogens is 353 g/mol. The maximum Gasteiger partial charge on any atom is 0.422 e. The summed E-state index contributed by atoms with van der Waals surface area (Å²) in [5, 5.41) is 17.5. The first-order valence-electron chi connectivity index (χ1n) is 7.87. The first kappa shape index (κ1) is 18.2. The molecule has 0 amide bonds. The Morgan fingerprint density at radius 3 is 2.77 bits per heavy atom. The van der Waals surface area contributed by atoms with Crippen molar-refractivity contribution >= 4 is 5.97 Å². The van der Waals surface area contributed by atoms with Gasteiger partial charge < -0.3 is 14.4 Å². The number of hydrogen-bond donors (Lipinski definition) is 1. The first-order chi connectivity index (χ1) is 12.2. The largest absolute Gasteiger partial charge is 0.484 e. The number of carboxylic acids is 1. The number of aliphatic carboxylic acids is 1. The van der Waals surface area contributed by atoms with Crippen LogP contribution >= 0.6 is 0 Å². The number of aromatic nitrogens is 3. The summed E-state index contributed by atoms with van der Waals surface area (Å²) < 4.78 is 43.9. The summed E-state index contributed by atoms with van der Waals surface area (Å²) in [4.78, 5) is 13.3. The van der Waals surface area contributed by atoms with E-state index in [1.54, 1.807) is 34.6 Å². The lowest BCUT2D eigenvalue weighted by Crippen LogP contribution is -2.47. The monoisotopic (exact) mass is 370 g/mol. The third-order valence-corrected chi connectivity index (χ3v) is 4.18. The van der Waals surface area contributed by atoms with Gasteiger partial charge in [0.15, 0.2) is 6.61 Å². The zero-order chi connectivity index (χ0) is 18.9. The Morgan fingerprint density at radius 1 is 1.35 bits per heavy atom. The van der Waals surface area contributed by atoms with Crippen molar-refractivity contribution in [2.24, 2.45) is 0 Å². The molecule has 0 fully saturated rings. The average molecular weight is 370 g/mol. The van der Waals surface area contributed by atoms with Gasteiger partial charge in [0.05, 0.1) is 13.1 Å². The van der Waals surface area contributed by atoms with Crippen molar-refractivity contribution in [2.75, 3.05) is 6.61 Å². The van der Waals surface area contributed by atoms with Crippen LogP contribution in [0.25, 0.3) is 0 Å². The van der Waals surface area contributed by atoms with E-state index in [2.05, 4.69) is 10.2 Å². The Morgan fingerprint density at radius 2 is 2.08 bits per heavy atom. The molecule has 0 spiro atoms. The summed E-state index contributed by atoms with van der Waals surface area (Å²) in [6.45, 7) is 0.864. The van der Waals surface area contributed by atoms with Crippen molar-refractivity contribution in [1.29, 1.82) is 0 Å². The number of para-hydroxylation sites is 1. The van der Waals surface area contributed by atoms with Crippen molar-refractivity contribution in [2.45, 2.75) is 38.8 Å². The number of halogens is 3. The van der Waals surface area contributed by atoms with Gasteiger partial charge in [-0.1, -0.05) is 18.2 Å². The van der Waals surface area contributed by atoms with E-state index in [0.717, 1.165) is 0 Å². The topological polar surface area (TPSA) is 80.5 Å². The summed E-state index contributed by atoms with van der Waals surface area (Å²) in [5.74, 6) is 0.308. The number of fused-ring (bicyclic) bond motifs is 1. The van der Waals surface area contributed by atoms with Crippen LogP contribution in [-0.4, -0.2) is 49.6 Å². The van der Waals surface area contributed by atoms with Crippen LogP contribution in [0.1, 0.15) is 17.2 Å². The SMILES string of the molecule is Cc1nnc2n1CC(C(=O)O)N(Cc1ccccc1OCC(F)(F)F)C2. The molecule has 0 radical (unpaired) electrons.